The number of rotatable bonds is 5. The molecule has 1 aliphatic rings. The van der Waals surface area contributed by atoms with Crippen LogP contribution < -0.4 is 4.74 Å². The molecule has 0 amide bonds. The van der Waals surface area contributed by atoms with Gasteiger partial charge in [-0.1, -0.05) is 68.3 Å². The average Bonchev–Trinajstić information content (AvgIpc) is 2.71. The number of hydrogen-bond donors (Lipinski definition) is 0. The van der Waals surface area contributed by atoms with Gasteiger partial charge in [-0.15, -0.1) is 13.2 Å². The molecule has 0 unspecified atom stereocenters. The van der Waals surface area contributed by atoms with E-state index in [0.29, 0.717) is 5.92 Å². The highest BCUT2D eigenvalue weighted by Crippen LogP contribution is 2.45. The SMILES string of the molecule is CCCC[C@@H]1CCc2c(ccc3ccccc23)[C@H]1c1ccc(OC(F)(F)F)cc1. The molecule has 3 aromatic carbocycles. The number of alkyl halides is 3. The Hall–Kier alpha value is -2.49. The van der Waals surface area contributed by atoms with Gasteiger partial charge in [0.15, 0.2) is 0 Å². The summed E-state index contributed by atoms with van der Waals surface area (Å²) in [6.45, 7) is 2.20. The zero-order valence-electron chi connectivity index (χ0n) is 16.5. The summed E-state index contributed by atoms with van der Waals surface area (Å²) in [5.74, 6) is 0.536. The van der Waals surface area contributed by atoms with Crippen molar-refractivity contribution in [1.82, 2.24) is 0 Å². The maximum absolute atomic E-state index is 12.5. The molecular formula is C25H25F3O. The zero-order chi connectivity index (χ0) is 20.4. The minimum atomic E-state index is -4.67. The van der Waals surface area contributed by atoms with E-state index in [1.807, 2.05) is 0 Å². The van der Waals surface area contributed by atoms with Crippen LogP contribution in [0.2, 0.25) is 0 Å². The fraction of sp³-hybridized carbons (Fsp3) is 0.360. The van der Waals surface area contributed by atoms with E-state index in [0.717, 1.165) is 31.2 Å². The molecule has 0 saturated heterocycles. The van der Waals surface area contributed by atoms with Gasteiger partial charge in [0.2, 0.25) is 0 Å². The highest BCUT2D eigenvalue weighted by atomic mass is 19.4. The molecule has 1 nitrogen and oxygen atoms in total. The first kappa shape index (κ1) is 19.8. The smallest absolute Gasteiger partial charge is 0.406 e. The summed E-state index contributed by atoms with van der Waals surface area (Å²) in [5, 5.41) is 2.53. The lowest BCUT2D eigenvalue weighted by atomic mass is 9.69. The second-order valence-electron chi connectivity index (χ2n) is 7.89. The van der Waals surface area contributed by atoms with Crippen molar-refractivity contribution in [1.29, 1.82) is 0 Å². The minimum absolute atomic E-state index is 0.166. The number of hydrogen-bond acceptors (Lipinski definition) is 1. The molecule has 0 radical (unpaired) electrons. The van der Waals surface area contributed by atoms with Crippen molar-refractivity contribution in [2.75, 3.05) is 0 Å². The number of aryl methyl sites for hydroxylation is 1. The van der Waals surface area contributed by atoms with Crippen LogP contribution in [-0.2, 0) is 6.42 Å². The molecule has 0 aliphatic heterocycles. The van der Waals surface area contributed by atoms with Crippen LogP contribution in [0.5, 0.6) is 5.75 Å². The summed E-state index contributed by atoms with van der Waals surface area (Å²) in [6.07, 6.45) is 0.935. The summed E-state index contributed by atoms with van der Waals surface area (Å²) in [5.41, 5.74) is 3.77. The van der Waals surface area contributed by atoms with E-state index in [1.165, 1.54) is 40.5 Å². The van der Waals surface area contributed by atoms with E-state index < -0.39 is 6.36 Å². The standard InChI is InChI=1S/C25H25F3O/c1-2-3-6-18-12-15-22-21-8-5-4-7-17(21)11-16-23(22)24(18)19-9-13-20(14-10-19)29-25(26,27)28/h4-5,7-11,13-14,16,18,24H,2-3,6,12,15H2,1H3/t18-,24-/m1/s1. The summed E-state index contributed by atoms with van der Waals surface area (Å²) in [6, 6.07) is 19.3. The molecule has 2 atom stereocenters. The first-order chi connectivity index (χ1) is 14.0. The number of benzene rings is 3. The van der Waals surface area contributed by atoms with Crippen LogP contribution in [0.3, 0.4) is 0 Å². The molecule has 0 spiro atoms. The van der Waals surface area contributed by atoms with Gasteiger partial charge in [-0.2, -0.15) is 0 Å². The molecule has 4 rings (SSSR count). The Kier molecular flexibility index (Phi) is 5.53. The highest BCUT2D eigenvalue weighted by Gasteiger charge is 2.33. The van der Waals surface area contributed by atoms with Gasteiger partial charge in [0, 0.05) is 5.92 Å². The Morgan fingerprint density at radius 2 is 1.72 bits per heavy atom. The van der Waals surface area contributed by atoms with Crippen molar-refractivity contribution >= 4 is 10.8 Å². The molecule has 4 heteroatoms. The van der Waals surface area contributed by atoms with Crippen molar-refractivity contribution in [2.45, 2.75) is 51.3 Å². The Morgan fingerprint density at radius 3 is 2.45 bits per heavy atom. The molecule has 0 fully saturated rings. The maximum atomic E-state index is 12.5. The van der Waals surface area contributed by atoms with Gasteiger partial charge >= 0.3 is 6.36 Å². The third kappa shape index (κ3) is 4.26. The van der Waals surface area contributed by atoms with Crippen molar-refractivity contribution in [2.24, 2.45) is 5.92 Å². The van der Waals surface area contributed by atoms with Crippen LogP contribution in [0.15, 0.2) is 60.7 Å². The normalized spacial score (nSPS) is 19.2. The Labute approximate surface area is 169 Å². The van der Waals surface area contributed by atoms with Crippen LogP contribution in [0, 0.1) is 5.92 Å². The molecular weight excluding hydrogens is 373 g/mol. The molecule has 0 bridgehead atoms. The second kappa shape index (κ2) is 8.10. The third-order valence-corrected chi connectivity index (χ3v) is 6.05. The predicted octanol–water partition coefficient (Wildman–Crippen LogP) is 7.62. The van der Waals surface area contributed by atoms with Crippen molar-refractivity contribution in [3.63, 3.8) is 0 Å². The molecule has 0 heterocycles. The summed E-state index contributed by atoms with van der Waals surface area (Å²) in [4.78, 5) is 0. The largest absolute Gasteiger partial charge is 0.573 e. The van der Waals surface area contributed by atoms with Crippen molar-refractivity contribution in [3.8, 4) is 5.75 Å². The van der Waals surface area contributed by atoms with Crippen LogP contribution in [0.4, 0.5) is 13.2 Å². The van der Waals surface area contributed by atoms with Crippen LogP contribution in [-0.4, -0.2) is 6.36 Å². The predicted molar refractivity (Wildman–Crippen MR) is 110 cm³/mol. The van der Waals surface area contributed by atoms with E-state index in [1.54, 1.807) is 12.1 Å². The Morgan fingerprint density at radius 1 is 0.966 bits per heavy atom. The minimum Gasteiger partial charge on any atom is -0.406 e. The fourth-order valence-electron chi connectivity index (χ4n) is 4.78. The van der Waals surface area contributed by atoms with Gasteiger partial charge in [-0.3, -0.25) is 0 Å². The van der Waals surface area contributed by atoms with Gasteiger partial charge in [0.05, 0.1) is 0 Å². The lowest BCUT2D eigenvalue weighted by molar-refractivity contribution is -0.274. The molecule has 0 N–H and O–H groups in total. The molecule has 0 saturated carbocycles. The van der Waals surface area contributed by atoms with Crippen LogP contribution in [0.1, 0.15) is 55.2 Å². The molecule has 1 aliphatic carbocycles. The Bertz CT molecular complexity index is 976. The summed E-state index contributed by atoms with van der Waals surface area (Å²) >= 11 is 0. The van der Waals surface area contributed by atoms with Gasteiger partial charge in [-0.25, -0.2) is 0 Å². The van der Waals surface area contributed by atoms with Gasteiger partial charge in [0.1, 0.15) is 5.75 Å². The number of halogens is 3. The lowest BCUT2D eigenvalue weighted by Gasteiger charge is -2.35. The first-order valence-electron chi connectivity index (χ1n) is 10.3. The number of ether oxygens (including phenoxy) is 1. The van der Waals surface area contributed by atoms with Crippen molar-refractivity contribution < 1.29 is 17.9 Å². The average molecular weight is 398 g/mol. The molecule has 0 aromatic heterocycles. The summed E-state index contributed by atoms with van der Waals surface area (Å²) < 4.78 is 41.6. The van der Waals surface area contributed by atoms with Gasteiger partial charge < -0.3 is 4.74 Å². The number of fused-ring (bicyclic) bond motifs is 3. The number of unbranched alkanes of at least 4 members (excludes halogenated alkanes) is 1. The molecule has 152 valence electrons. The molecule has 3 aromatic rings. The van der Waals surface area contributed by atoms with E-state index >= 15 is 0 Å². The zero-order valence-corrected chi connectivity index (χ0v) is 16.5. The van der Waals surface area contributed by atoms with Gasteiger partial charge in [-0.05, 0) is 64.8 Å². The lowest BCUT2D eigenvalue weighted by Crippen LogP contribution is -2.22. The quantitative estimate of drug-likeness (QED) is 0.429. The van der Waals surface area contributed by atoms with Crippen LogP contribution >= 0.6 is 0 Å². The topological polar surface area (TPSA) is 9.23 Å². The van der Waals surface area contributed by atoms with E-state index in [9.17, 15) is 13.2 Å². The Balaban J connectivity index is 1.75. The van der Waals surface area contributed by atoms with Gasteiger partial charge in [0.25, 0.3) is 0 Å². The highest BCUT2D eigenvalue weighted by molar-refractivity contribution is 5.87. The van der Waals surface area contributed by atoms with E-state index in [2.05, 4.69) is 48.1 Å². The maximum Gasteiger partial charge on any atom is 0.573 e. The van der Waals surface area contributed by atoms with Crippen molar-refractivity contribution in [3.05, 3.63) is 77.4 Å². The first-order valence-corrected chi connectivity index (χ1v) is 10.3. The molecule has 29 heavy (non-hydrogen) atoms. The second-order valence-corrected chi connectivity index (χ2v) is 7.89. The monoisotopic (exact) mass is 398 g/mol. The fourth-order valence-corrected chi connectivity index (χ4v) is 4.78. The third-order valence-electron chi connectivity index (χ3n) is 6.05. The summed E-state index contributed by atoms with van der Waals surface area (Å²) in [7, 11) is 0. The van der Waals surface area contributed by atoms with E-state index in [4.69, 9.17) is 0 Å². The van der Waals surface area contributed by atoms with E-state index in [-0.39, 0.29) is 11.7 Å². The van der Waals surface area contributed by atoms with Crippen LogP contribution in [0.25, 0.3) is 10.8 Å².